The number of piperidine rings is 1. The molecule has 7 nitrogen and oxygen atoms in total. The van der Waals surface area contributed by atoms with E-state index in [2.05, 4.69) is 20.8 Å². The Morgan fingerprint density at radius 2 is 2.35 bits per heavy atom. The van der Waals surface area contributed by atoms with Gasteiger partial charge in [0.1, 0.15) is 5.75 Å². The number of hydrogen-bond donors (Lipinski definition) is 2. The number of nitrogens with zero attached hydrogens (tertiary/aromatic N) is 2. The molecule has 1 aliphatic heterocycles. The van der Waals surface area contributed by atoms with Crippen LogP contribution in [0.15, 0.2) is 28.8 Å². The van der Waals surface area contributed by atoms with Crippen LogP contribution < -0.4 is 15.4 Å². The highest BCUT2D eigenvalue weighted by Crippen LogP contribution is 2.19. The summed E-state index contributed by atoms with van der Waals surface area (Å²) >= 11 is 0. The van der Waals surface area contributed by atoms with Crippen LogP contribution in [0.2, 0.25) is 0 Å². The summed E-state index contributed by atoms with van der Waals surface area (Å²) in [5, 5.41) is 10.1. The van der Waals surface area contributed by atoms with Crippen LogP contribution in [0.1, 0.15) is 34.9 Å². The highest BCUT2D eigenvalue weighted by molar-refractivity contribution is 5.97. The van der Waals surface area contributed by atoms with Crippen molar-refractivity contribution in [2.45, 2.75) is 32.4 Å². The summed E-state index contributed by atoms with van der Waals surface area (Å²) in [4.78, 5) is 16.6. The Morgan fingerprint density at radius 1 is 1.48 bits per heavy atom. The number of para-hydroxylation sites is 1. The largest absolute Gasteiger partial charge is 0.485 e. The van der Waals surface area contributed by atoms with Crippen molar-refractivity contribution in [1.29, 1.82) is 0 Å². The van der Waals surface area contributed by atoms with Gasteiger partial charge in [0, 0.05) is 19.5 Å². The lowest BCUT2D eigenvalue weighted by atomic mass is 10.1. The van der Waals surface area contributed by atoms with Crippen molar-refractivity contribution in [1.82, 2.24) is 20.8 Å². The molecule has 0 bridgehead atoms. The fourth-order valence-electron chi connectivity index (χ4n) is 2.56. The molecule has 0 unspecified atom stereocenters. The van der Waals surface area contributed by atoms with E-state index in [0.29, 0.717) is 23.0 Å². The van der Waals surface area contributed by atoms with Crippen molar-refractivity contribution in [3.63, 3.8) is 0 Å². The highest BCUT2D eigenvalue weighted by Gasteiger charge is 2.19. The summed E-state index contributed by atoms with van der Waals surface area (Å²) < 4.78 is 10.6. The van der Waals surface area contributed by atoms with E-state index in [9.17, 15) is 4.79 Å². The van der Waals surface area contributed by atoms with Crippen molar-refractivity contribution >= 4 is 5.91 Å². The van der Waals surface area contributed by atoms with Gasteiger partial charge in [-0.25, -0.2) is 0 Å². The van der Waals surface area contributed by atoms with E-state index in [1.807, 2.05) is 12.1 Å². The second-order valence-corrected chi connectivity index (χ2v) is 5.53. The molecule has 1 fully saturated rings. The fraction of sp³-hybridized carbons (Fsp3) is 0.438. The Kier molecular flexibility index (Phi) is 4.87. The number of nitrogens with one attached hydrogen (secondary N) is 2. The lowest BCUT2D eigenvalue weighted by Crippen LogP contribution is -2.45. The molecule has 3 rings (SSSR count). The van der Waals surface area contributed by atoms with E-state index < -0.39 is 0 Å². The van der Waals surface area contributed by atoms with Crippen molar-refractivity contribution in [2.75, 3.05) is 13.1 Å². The van der Waals surface area contributed by atoms with Gasteiger partial charge in [-0.3, -0.25) is 4.79 Å². The van der Waals surface area contributed by atoms with Crippen molar-refractivity contribution in [2.24, 2.45) is 0 Å². The molecule has 1 aliphatic rings. The average Bonchev–Trinajstić information content (AvgIpc) is 2.99. The molecule has 2 aromatic rings. The van der Waals surface area contributed by atoms with Crippen LogP contribution in [0, 0.1) is 6.92 Å². The number of benzene rings is 1. The van der Waals surface area contributed by atoms with E-state index in [4.69, 9.17) is 9.26 Å². The summed E-state index contributed by atoms with van der Waals surface area (Å²) in [6, 6.07) is 7.32. The SMILES string of the molecule is Cc1nc(COc2ccccc2C(=O)N[C@H]2CCCNC2)no1. The average molecular weight is 316 g/mol. The Bertz CT molecular complexity index is 665. The number of rotatable bonds is 5. The smallest absolute Gasteiger partial charge is 0.255 e. The molecule has 0 aliphatic carbocycles. The molecule has 7 heteroatoms. The number of carbonyl (C=O) groups is 1. The van der Waals surface area contributed by atoms with Crippen molar-refractivity contribution < 1.29 is 14.1 Å². The van der Waals surface area contributed by atoms with Gasteiger partial charge in [0.05, 0.1) is 5.56 Å². The first-order valence-corrected chi connectivity index (χ1v) is 7.75. The van der Waals surface area contributed by atoms with E-state index in [0.717, 1.165) is 25.9 Å². The number of hydrogen-bond acceptors (Lipinski definition) is 6. The molecule has 0 spiro atoms. The third-order valence-electron chi connectivity index (χ3n) is 3.69. The maximum absolute atomic E-state index is 12.5. The van der Waals surface area contributed by atoms with Gasteiger partial charge in [0.25, 0.3) is 5.91 Å². The molecule has 0 saturated carbocycles. The molecule has 0 radical (unpaired) electrons. The Morgan fingerprint density at radius 3 is 3.09 bits per heavy atom. The van der Waals surface area contributed by atoms with Gasteiger partial charge in [-0.05, 0) is 31.5 Å². The van der Waals surface area contributed by atoms with Crippen LogP contribution >= 0.6 is 0 Å². The van der Waals surface area contributed by atoms with Crippen LogP contribution in [0.25, 0.3) is 0 Å². The third-order valence-corrected chi connectivity index (χ3v) is 3.69. The van der Waals surface area contributed by atoms with E-state index in [1.54, 1.807) is 19.1 Å². The lowest BCUT2D eigenvalue weighted by Gasteiger charge is -2.24. The zero-order chi connectivity index (χ0) is 16.1. The molecular weight excluding hydrogens is 296 g/mol. The maximum Gasteiger partial charge on any atom is 0.255 e. The molecule has 1 aromatic carbocycles. The normalized spacial score (nSPS) is 17.7. The maximum atomic E-state index is 12.5. The molecule has 1 aromatic heterocycles. The first-order valence-electron chi connectivity index (χ1n) is 7.75. The highest BCUT2D eigenvalue weighted by atomic mass is 16.5. The number of amides is 1. The topological polar surface area (TPSA) is 89.3 Å². The minimum absolute atomic E-state index is 0.126. The predicted octanol–water partition coefficient (Wildman–Crippen LogP) is 1.44. The van der Waals surface area contributed by atoms with Gasteiger partial charge in [-0.2, -0.15) is 4.98 Å². The van der Waals surface area contributed by atoms with Crippen LogP contribution in [0.3, 0.4) is 0 Å². The second kappa shape index (κ2) is 7.23. The first kappa shape index (κ1) is 15.5. The molecule has 23 heavy (non-hydrogen) atoms. The summed E-state index contributed by atoms with van der Waals surface area (Å²) in [5.41, 5.74) is 0.512. The Labute approximate surface area is 134 Å². The van der Waals surface area contributed by atoms with E-state index in [1.165, 1.54) is 0 Å². The minimum atomic E-state index is -0.126. The monoisotopic (exact) mass is 316 g/mol. The quantitative estimate of drug-likeness (QED) is 0.867. The molecule has 1 amide bonds. The zero-order valence-corrected chi connectivity index (χ0v) is 13.0. The van der Waals surface area contributed by atoms with Gasteiger partial charge in [-0.15, -0.1) is 0 Å². The molecule has 1 saturated heterocycles. The molecule has 2 N–H and O–H groups in total. The fourth-order valence-corrected chi connectivity index (χ4v) is 2.56. The van der Waals surface area contributed by atoms with Gasteiger partial charge >= 0.3 is 0 Å². The summed E-state index contributed by atoms with van der Waals surface area (Å²) in [5.74, 6) is 1.32. The van der Waals surface area contributed by atoms with Gasteiger partial charge in [0.15, 0.2) is 6.61 Å². The van der Waals surface area contributed by atoms with Crippen LogP contribution in [0.4, 0.5) is 0 Å². The first-order chi connectivity index (χ1) is 11.2. The van der Waals surface area contributed by atoms with Crippen LogP contribution in [-0.4, -0.2) is 35.2 Å². The third kappa shape index (κ3) is 4.07. The molecule has 122 valence electrons. The van der Waals surface area contributed by atoms with Gasteiger partial charge in [0.2, 0.25) is 11.7 Å². The molecule has 2 heterocycles. The lowest BCUT2D eigenvalue weighted by molar-refractivity contribution is 0.0926. The summed E-state index contributed by atoms with van der Waals surface area (Å²) in [7, 11) is 0. The standard InChI is InChI=1S/C16H20N4O3/c1-11-18-15(20-23-11)10-22-14-7-3-2-6-13(14)16(21)19-12-5-4-8-17-9-12/h2-3,6-7,12,17H,4-5,8-10H2,1H3,(H,19,21)/t12-/m0/s1. The Hall–Kier alpha value is -2.41. The number of ether oxygens (including phenoxy) is 1. The zero-order valence-electron chi connectivity index (χ0n) is 13.0. The number of carbonyl (C=O) groups excluding carboxylic acids is 1. The van der Waals surface area contributed by atoms with Crippen LogP contribution in [-0.2, 0) is 6.61 Å². The Balaban J connectivity index is 1.65. The minimum Gasteiger partial charge on any atom is -0.485 e. The molecule has 1 atom stereocenters. The summed E-state index contributed by atoms with van der Waals surface area (Å²) in [6.07, 6.45) is 2.06. The number of aryl methyl sites for hydroxylation is 1. The van der Waals surface area contributed by atoms with Gasteiger partial charge < -0.3 is 19.9 Å². The summed E-state index contributed by atoms with van der Waals surface area (Å²) in [6.45, 7) is 3.69. The van der Waals surface area contributed by atoms with E-state index >= 15 is 0 Å². The molecular formula is C16H20N4O3. The van der Waals surface area contributed by atoms with Gasteiger partial charge in [-0.1, -0.05) is 17.3 Å². The van der Waals surface area contributed by atoms with Crippen molar-refractivity contribution in [3.8, 4) is 5.75 Å². The predicted molar refractivity (Wildman–Crippen MR) is 83.2 cm³/mol. The van der Waals surface area contributed by atoms with Crippen molar-refractivity contribution in [3.05, 3.63) is 41.5 Å². The van der Waals surface area contributed by atoms with E-state index in [-0.39, 0.29) is 18.6 Å². The second-order valence-electron chi connectivity index (χ2n) is 5.53. The number of aromatic nitrogens is 2. The van der Waals surface area contributed by atoms with Crippen LogP contribution in [0.5, 0.6) is 5.75 Å².